The van der Waals surface area contributed by atoms with Crippen molar-refractivity contribution in [3.63, 3.8) is 0 Å². The summed E-state index contributed by atoms with van der Waals surface area (Å²) >= 11 is 0. The summed E-state index contributed by atoms with van der Waals surface area (Å²) in [7, 11) is 0. The van der Waals surface area contributed by atoms with Crippen LogP contribution in [0.5, 0.6) is 0 Å². The summed E-state index contributed by atoms with van der Waals surface area (Å²) in [5, 5.41) is 9.77. The Balaban J connectivity index is 2.04. The number of alkyl halides is 3. The molecule has 2 aliphatic rings. The molecular weight excluding hydrogens is 283 g/mol. The Kier molecular flexibility index (Phi) is 3.43. The zero-order valence-corrected chi connectivity index (χ0v) is 11.3. The highest BCUT2D eigenvalue weighted by Gasteiger charge is 2.44. The van der Waals surface area contributed by atoms with E-state index >= 15 is 0 Å². The predicted octanol–water partition coefficient (Wildman–Crippen LogP) is 3.01. The molecule has 2 bridgehead atoms. The van der Waals surface area contributed by atoms with Gasteiger partial charge in [-0.1, -0.05) is 0 Å². The molecule has 2 saturated heterocycles. The molecule has 2 unspecified atom stereocenters. The molecular formula is C15H16F3NO2. The van der Waals surface area contributed by atoms with Gasteiger partial charge in [-0.25, -0.2) is 0 Å². The number of rotatable bonds is 2. The predicted molar refractivity (Wildman–Crippen MR) is 71.4 cm³/mol. The zero-order valence-electron chi connectivity index (χ0n) is 11.3. The first-order chi connectivity index (χ1) is 9.90. The van der Waals surface area contributed by atoms with Gasteiger partial charge in [0.25, 0.3) is 0 Å². The number of carbonyl (C=O) groups is 1. The number of aliphatic hydroxyl groups excluding tert-OH is 1. The number of hydrogen-bond acceptors (Lipinski definition) is 3. The van der Waals surface area contributed by atoms with Gasteiger partial charge in [0, 0.05) is 23.3 Å². The van der Waals surface area contributed by atoms with E-state index in [2.05, 4.69) is 0 Å². The summed E-state index contributed by atoms with van der Waals surface area (Å²) in [6.45, 7) is 0. The van der Waals surface area contributed by atoms with E-state index in [0.29, 0.717) is 19.1 Å². The van der Waals surface area contributed by atoms with Crippen LogP contribution in [0.3, 0.4) is 0 Å². The molecule has 0 radical (unpaired) electrons. The van der Waals surface area contributed by atoms with Crippen molar-refractivity contribution in [2.75, 3.05) is 4.90 Å². The van der Waals surface area contributed by atoms with Crippen molar-refractivity contribution in [1.82, 2.24) is 0 Å². The van der Waals surface area contributed by atoms with Gasteiger partial charge in [-0.15, -0.1) is 0 Å². The highest BCUT2D eigenvalue weighted by atomic mass is 19.4. The van der Waals surface area contributed by atoms with Gasteiger partial charge in [0.15, 0.2) is 0 Å². The summed E-state index contributed by atoms with van der Waals surface area (Å²) in [6.07, 6.45) is -1.89. The number of aliphatic hydroxyl groups is 1. The molecule has 3 rings (SSSR count). The van der Waals surface area contributed by atoms with E-state index in [9.17, 15) is 23.1 Å². The molecule has 2 heterocycles. The van der Waals surface area contributed by atoms with E-state index in [-0.39, 0.29) is 23.3 Å². The maximum absolute atomic E-state index is 13.3. The number of hydrogen-bond donors (Lipinski definition) is 1. The molecule has 3 nitrogen and oxygen atoms in total. The van der Waals surface area contributed by atoms with Gasteiger partial charge in [-0.2, -0.15) is 13.2 Å². The summed E-state index contributed by atoms with van der Waals surface area (Å²) in [5.41, 5.74) is -0.608. The van der Waals surface area contributed by atoms with E-state index in [0.717, 1.165) is 18.9 Å². The van der Waals surface area contributed by atoms with Crippen molar-refractivity contribution in [2.24, 2.45) is 0 Å². The molecule has 0 aromatic heterocycles. The zero-order chi connectivity index (χ0) is 15.2. The van der Waals surface area contributed by atoms with Crippen molar-refractivity contribution in [3.8, 4) is 0 Å². The van der Waals surface area contributed by atoms with E-state index in [1.807, 2.05) is 0 Å². The van der Waals surface area contributed by atoms with Crippen LogP contribution in [0.1, 0.15) is 41.6 Å². The van der Waals surface area contributed by atoms with Crippen molar-refractivity contribution in [3.05, 3.63) is 29.3 Å². The van der Waals surface area contributed by atoms with Crippen LogP contribution in [-0.4, -0.2) is 29.6 Å². The molecule has 0 aliphatic carbocycles. The number of aldehydes is 1. The van der Waals surface area contributed by atoms with E-state index in [1.54, 1.807) is 4.90 Å². The van der Waals surface area contributed by atoms with Crippen molar-refractivity contribution >= 4 is 12.0 Å². The Labute approximate surface area is 120 Å². The topological polar surface area (TPSA) is 40.5 Å². The number of fused-ring (bicyclic) bond motifs is 2. The lowest BCUT2D eigenvalue weighted by molar-refractivity contribution is -0.137. The van der Waals surface area contributed by atoms with Crippen LogP contribution in [0.25, 0.3) is 0 Å². The van der Waals surface area contributed by atoms with Gasteiger partial charge in [-0.3, -0.25) is 4.79 Å². The van der Waals surface area contributed by atoms with Crippen LogP contribution in [0.4, 0.5) is 18.9 Å². The van der Waals surface area contributed by atoms with Crippen LogP contribution in [0.2, 0.25) is 0 Å². The lowest BCUT2D eigenvalue weighted by Crippen LogP contribution is -2.45. The molecule has 114 valence electrons. The molecule has 0 amide bonds. The Hall–Kier alpha value is -1.56. The molecule has 1 N–H and O–H groups in total. The molecule has 1 aromatic rings. The first-order valence-electron chi connectivity index (χ1n) is 7.03. The molecule has 0 spiro atoms. The highest BCUT2D eigenvalue weighted by molar-refractivity contribution is 5.77. The largest absolute Gasteiger partial charge is 0.418 e. The van der Waals surface area contributed by atoms with Gasteiger partial charge in [0.05, 0.1) is 11.7 Å². The van der Waals surface area contributed by atoms with Gasteiger partial charge in [-0.05, 0) is 43.9 Å². The van der Waals surface area contributed by atoms with Crippen LogP contribution in [-0.2, 0) is 6.18 Å². The lowest BCUT2D eigenvalue weighted by Gasteiger charge is -2.40. The second-order valence-electron chi connectivity index (χ2n) is 5.81. The summed E-state index contributed by atoms with van der Waals surface area (Å²) < 4.78 is 39.8. The Morgan fingerprint density at radius 3 is 2.33 bits per heavy atom. The summed E-state index contributed by atoms with van der Waals surface area (Å²) in [4.78, 5) is 12.5. The average Bonchev–Trinajstić information content (AvgIpc) is 2.69. The molecule has 6 heteroatoms. The quantitative estimate of drug-likeness (QED) is 0.853. The lowest BCUT2D eigenvalue weighted by atomic mass is 9.97. The third kappa shape index (κ3) is 2.52. The minimum absolute atomic E-state index is 0.0236. The number of benzene rings is 1. The van der Waals surface area contributed by atoms with E-state index < -0.39 is 17.8 Å². The molecule has 2 fully saturated rings. The Bertz CT molecular complexity index is 544. The third-order valence-corrected chi connectivity index (χ3v) is 4.45. The molecule has 21 heavy (non-hydrogen) atoms. The molecule has 1 aromatic carbocycles. The summed E-state index contributed by atoms with van der Waals surface area (Å²) in [5.74, 6) is 0. The maximum Gasteiger partial charge on any atom is 0.418 e. The van der Waals surface area contributed by atoms with E-state index in [1.165, 1.54) is 12.1 Å². The second-order valence-corrected chi connectivity index (χ2v) is 5.81. The van der Waals surface area contributed by atoms with Crippen LogP contribution < -0.4 is 4.90 Å². The molecule has 2 atom stereocenters. The number of piperidine rings is 1. The van der Waals surface area contributed by atoms with E-state index in [4.69, 9.17) is 0 Å². The van der Waals surface area contributed by atoms with Crippen LogP contribution >= 0.6 is 0 Å². The summed E-state index contributed by atoms with van der Waals surface area (Å²) in [6, 6.07) is 3.61. The second kappa shape index (κ2) is 5.02. The fourth-order valence-corrected chi connectivity index (χ4v) is 3.62. The maximum atomic E-state index is 13.3. The van der Waals surface area contributed by atoms with Crippen LogP contribution in [0, 0.1) is 0 Å². The fraction of sp³-hybridized carbons (Fsp3) is 0.533. The highest BCUT2D eigenvalue weighted by Crippen LogP contribution is 2.44. The standard InChI is InChI=1S/C15H16F3NO2/c16-15(17,18)13-5-9(8-20)1-4-14(13)19-10-2-3-11(19)7-12(21)6-10/h1,4-5,8,10-12,21H,2-3,6-7H2. The SMILES string of the molecule is O=Cc1ccc(N2C3CCC2CC(O)C3)c(C(F)(F)F)c1. The first kappa shape index (κ1) is 14.4. The smallest absolute Gasteiger partial charge is 0.393 e. The number of halogens is 3. The van der Waals surface area contributed by atoms with Crippen molar-refractivity contribution < 1.29 is 23.1 Å². The normalized spacial score (nSPS) is 28.8. The monoisotopic (exact) mass is 299 g/mol. The van der Waals surface area contributed by atoms with Crippen molar-refractivity contribution in [2.45, 2.75) is 50.0 Å². The first-order valence-corrected chi connectivity index (χ1v) is 7.03. The van der Waals surface area contributed by atoms with Gasteiger partial charge < -0.3 is 10.0 Å². The number of anilines is 1. The van der Waals surface area contributed by atoms with Gasteiger partial charge in [0.2, 0.25) is 0 Å². The Morgan fingerprint density at radius 2 is 1.81 bits per heavy atom. The minimum Gasteiger partial charge on any atom is -0.393 e. The van der Waals surface area contributed by atoms with Crippen LogP contribution in [0.15, 0.2) is 18.2 Å². The minimum atomic E-state index is -4.50. The van der Waals surface area contributed by atoms with Crippen molar-refractivity contribution in [1.29, 1.82) is 0 Å². The number of carbonyl (C=O) groups excluding carboxylic acids is 1. The molecule has 0 saturated carbocycles. The third-order valence-electron chi connectivity index (χ3n) is 4.45. The van der Waals surface area contributed by atoms with Gasteiger partial charge in [0.1, 0.15) is 6.29 Å². The Morgan fingerprint density at radius 1 is 1.19 bits per heavy atom. The van der Waals surface area contributed by atoms with Gasteiger partial charge >= 0.3 is 6.18 Å². The fourth-order valence-electron chi connectivity index (χ4n) is 3.62. The number of nitrogens with zero attached hydrogens (tertiary/aromatic N) is 1. The average molecular weight is 299 g/mol. The molecule has 2 aliphatic heterocycles.